The van der Waals surface area contributed by atoms with Crippen LogP contribution in [0, 0.1) is 17.8 Å². The number of benzene rings is 1. The van der Waals surface area contributed by atoms with Crippen LogP contribution in [0.3, 0.4) is 0 Å². The molecule has 2 aromatic rings. The molecule has 0 N–H and O–H groups in total. The van der Waals surface area contributed by atoms with E-state index in [9.17, 15) is 4.79 Å². The molecule has 4 heterocycles. The molecular weight excluding hydrogens is 380 g/mol. The molecule has 6 rings (SSSR count). The van der Waals surface area contributed by atoms with Crippen molar-refractivity contribution in [2.45, 2.75) is 57.0 Å². The molecule has 1 aliphatic carbocycles. The normalized spacial score (nSPS) is 26.3. The van der Waals surface area contributed by atoms with Gasteiger partial charge in [-0.05, 0) is 43.4 Å². The molecule has 30 heavy (non-hydrogen) atoms. The molecule has 6 nitrogen and oxygen atoms in total. The topological polar surface area (TPSA) is 62.6 Å². The smallest absolute Gasteiger partial charge is 0.351 e. The van der Waals surface area contributed by atoms with Crippen molar-refractivity contribution in [3.05, 3.63) is 45.9 Å². The minimum absolute atomic E-state index is 0.0132. The summed E-state index contributed by atoms with van der Waals surface area (Å²) < 4.78 is 19.3. The molecule has 4 aliphatic rings. The molecule has 3 aliphatic heterocycles. The summed E-state index contributed by atoms with van der Waals surface area (Å²) in [6.45, 7) is 1.79. The highest BCUT2D eigenvalue weighted by Crippen LogP contribution is 2.33. The Bertz CT molecular complexity index is 1100. The molecule has 0 bridgehead atoms. The second-order valence-corrected chi connectivity index (χ2v) is 8.62. The summed E-state index contributed by atoms with van der Waals surface area (Å²) in [7, 11) is 0. The molecule has 1 aromatic carbocycles. The average Bonchev–Trinajstić information content (AvgIpc) is 3.35. The number of aryl methyl sites for hydroxylation is 1. The predicted molar refractivity (Wildman–Crippen MR) is 110 cm³/mol. The maximum absolute atomic E-state index is 12.6. The Labute approximate surface area is 175 Å². The van der Waals surface area contributed by atoms with Crippen LogP contribution in [0.25, 0.3) is 11.3 Å². The van der Waals surface area contributed by atoms with Crippen LogP contribution in [0.2, 0.25) is 0 Å². The summed E-state index contributed by atoms with van der Waals surface area (Å²) in [5, 5.41) is 0. The van der Waals surface area contributed by atoms with Gasteiger partial charge in [-0.15, -0.1) is 0 Å². The lowest BCUT2D eigenvalue weighted by molar-refractivity contribution is 0.0152. The maximum Gasteiger partial charge on any atom is 0.351 e. The fourth-order valence-corrected chi connectivity index (χ4v) is 4.62. The Balaban J connectivity index is 1.23. The number of fused-ring (bicyclic) bond motifs is 4. The zero-order chi connectivity index (χ0) is 20.1. The standard InChI is InChI=1S/C24H24N2O4/c27-24-25-23(29-14-18-12-22-21(30-18)8-10-28-22)13-20-19-6-5-16(4-3-15-1-2-15)11-17(19)7-9-26(20)24/h5-6,11,13,15,18,21-22H,1-2,7-10,12,14H2. The van der Waals surface area contributed by atoms with Gasteiger partial charge in [-0.1, -0.05) is 17.9 Å². The Morgan fingerprint density at radius 3 is 3.00 bits per heavy atom. The van der Waals surface area contributed by atoms with E-state index in [-0.39, 0.29) is 24.0 Å². The first-order chi connectivity index (χ1) is 14.7. The number of aromatic nitrogens is 2. The summed E-state index contributed by atoms with van der Waals surface area (Å²) in [4.78, 5) is 16.7. The lowest BCUT2D eigenvalue weighted by Gasteiger charge is -2.22. The Morgan fingerprint density at radius 2 is 2.13 bits per heavy atom. The fraction of sp³-hybridized carbons (Fsp3) is 0.500. The van der Waals surface area contributed by atoms with E-state index in [0.717, 1.165) is 42.7 Å². The molecule has 2 saturated heterocycles. The van der Waals surface area contributed by atoms with Crippen molar-refractivity contribution in [3.63, 3.8) is 0 Å². The zero-order valence-electron chi connectivity index (χ0n) is 16.8. The number of nitrogens with zero attached hydrogens (tertiary/aromatic N) is 2. The molecule has 154 valence electrons. The van der Waals surface area contributed by atoms with Crippen LogP contribution >= 0.6 is 0 Å². The Kier molecular flexibility index (Phi) is 4.40. The minimum Gasteiger partial charge on any atom is -0.475 e. The first-order valence-electron chi connectivity index (χ1n) is 10.9. The van der Waals surface area contributed by atoms with Crippen molar-refractivity contribution in [3.8, 4) is 29.0 Å². The van der Waals surface area contributed by atoms with Crippen molar-refractivity contribution in [2.75, 3.05) is 13.2 Å². The summed E-state index contributed by atoms with van der Waals surface area (Å²) >= 11 is 0. The van der Waals surface area contributed by atoms with Crippen LogP contribution in [0.1, 0.15) is 36.8 Å². The number of ether oxygens (including phenoxy) is 3. The van der Waals surface area contributed by atoms with Crippen molar-refractivity contribution < 1.29 is 14.2 Å². The third kappa shape index (κ3) is 3.42. The van der Waals surface area contributed by atoms with E-state index in [1.807, 2.05) is 12.1 Å². The van der Waals surface area contributed by atoms with Crippen LogP contribution < -0.4 is 10.4 Å². The van der Waals surface area contributed by atoms with Gasteiger partial charge in [0.15, 0.2) is 0 Å². The van der Waals surface area contributed by atoms with E-state index < -0.39 is 0 Å². The van der Waals surface area contributed by atoms with Crippen LogP contribution in [0.5, 0.6) is 5.88 Å². The van der Waals surface area contributed by atoms with Crippen molar-refractivity contribution >= 4 is 0 Å². The van der Waals surface area contributed by atoms with Gasteiger partial charge < -0.3 is 14.2 Å². The molecule has 0 spiro atoms. The summed E-state index contributed by atoms with van der Waals surface area (Å²) in [6.07, 6.45) is 5.40. The molecule has 3 fully saturated rings. The molecule has 1 aromatic heterocycles. The highest BCUT2D eigenvalue weighted by Gasteiger charge is 2.39. The van der Waals surface area contributed by atoms with Gasteiger partial charge in [0.1, 0.15) is 6.61 Å². The van der Waals surface area contributed by atoms with E-state index in [1.165, 1.54) is 18.4 Å². The van der Waals surface area contributed by atoms with Gasteiger partial charge in [-0.2, -0.15) is 4.98 Å². The lowest BCUT2D eigenvalue weighted by Crippen LogP contribution is -2.29. The third-order valence-corrected chi connectivity index (χ3v) is 6.40. The summed E-state index contributed by atoms with van der Waals surface area (Å²) in [5.74, 6) is 7.55. The second kappa shape index (κ2) is 7.26. The third-order valence-electron chi connectivity index (χ3n) is 6.40. The molecule has 3 unspecified atom stereocenters. The number of hydrogen-bond donors (Lipinski definition) is 0. The number of rotatable bonds is 3. The lowest BCUT2D eigenvalue weighted by atomic mass is 9.95. The zero-order valence-corrected chi connectivity index (χ0v) is 16.8. The first kappa shape index (κ1) is 18.2. The molecule has 0 amide bonds. The van der Waals surface area contributed by atoms with E-state index in [0.29, 0.717) is 24.9 Å². The quantitative estimate of drug-likeness (QED) is 0.736. The van der Waals surface area contributed by atoms with Crippen molar-refractivity contribution in [2.24, 2.45) is 5.92 Å². The van der Waals surface area contributed by atoms with Crippen molar-refractivity contribution in [1.82, 2.24) is 9.55 Å². The van der Waals surface area contributed by atoms with Crippen LogP contribution in [0.4, 0.5) is 0 Å². The van der Waals surface area contributed by atoms with Gasteiger partial charge in [0.25, 0.3) is 0 Å². The van der Waals surface area contributed by atoms with Gasteiger partial charge in [0.2, 0.25) is 5.88 Å². The van der Waals surface area contributed by atoms with Gasteiger partial charge in [0, 0.05) is 42.7 Å². The molecule has 3 atom stereocenters. The highest BCUT2D eigenvalue weighted by atomic mass is 16.6. The average molecular weight is 404 g/mol. The van der Waals surface area contributed by atoms with Gasteiger partial charge in [-0.3, -0.25) is 4.57 Å². The van der Waals surface area contributed by atoms with Crippen LogP contribution in [0.15, 0.2) is 29.1 Å². The van der Waals surface area contributed by atoms with Gasteiger partial charge >= 0.3 is 5.69 Å². The minimum atomic E-state index is -0.265. The summed E-state index contributed by atoms with van der Waals surface area (Å²) in [5.41, 5.74) is 3.92. The largest absolute Gasteiger partial charge is 0.475 e. The van der Waals surface area contributed by atoms with E-state index in [4.69, 9.17) is 14.2 Å². The maximum atomic E-state index is 12.6. The Hall–Kier alpha value is -2.62. The van der Waals surface area contributed by atoms with E-state index in [2.05, 4.69) is 29.0 Å². The van der Waals surface area contributed by atoms with Gasteiger partial charge in [0.05, 0.1) is 24.0 Å². The fourth-order valence-electron chi connectivity index (χ4n) is 4.62. The van der Waals surface area contributed by atoms with E-state index in [1.54, 1.807) is 4.57 Å². The SMILES string of the molecule is O=c1nc(OCC2CC3OCCC3O2)cc2n1CCc1cc(C#CC3CC3)ccc1-2. The van der Waals surface area contributed by atoms with Crippen molar-refractivity contribution in [1.29, 1.82) is 0 Å². The van der Waals surface area contributed by atoms with E-state index >= 15 is 0 Å². The van der Waals surface area contributed by atoms with Gasteiger partial charge in [-0.25, -0.2) is 4.79 Å². The second-order valence-electron chi connectivity index (χ2n) is 8.62. The molecule has 0 radical (unpaired) electrons. The molecule has 1 saturated carbocycles. The predicted octanol–water partition coefficient (Wildman–Crippen LogP) is 2.55. The number of hydrogen-bond acceptors (Lipinski definition) is 5. The highest BCUT2D eigenvalue weighted by molar-refractivity contribution is 5.68. The molecular formula is C24H24N2O4. The monoisotopic (exact) mass is 404 g/mol. The Morgan fingerprint density at radius 1 is 1.20 bits per heavy atom. The van der Waals surface area contributed by atoms with Crippen LogP contribution in [-0.4, -0.2) is 41.1 Å². The summed E-state index contributed by atoms with van der Waals surface area (Å²) in [6, 6.07) is 8.14. The first-order valence-corrected chi connectivity index (χ1v) is 10.9. The molecule has 6 heteroatoms. The van der Waals surface area contributed by atoms with Crippen LogP contribution in [-0.2, 0) is 22.4 Å².